The van der Waals surface area contributed by atoms with E-state index in [0.717, 1.165) is 30.5 Å². The van der Waals surface area contributed by atoms with Gasteiger partial charge in [-0.15, -0.1) is 0 Å². The fourth-order valence-corrected chi connectivity index (χ4v) is 7.27. The first-order chi connectivity index (χ1) is 19.4. The number of hydrogen-bond donors (Lipinski definition) is 2. The van der Waals surface area contributed by atoms with Crippen molar-refractivity contribution in [2.75, 3.05) is 10.6 Å². The Balaban J connectivity index is 1.39. The van der Waals surface area contributed by atoms with Crippen LogP contribution in [-0.2, 0) is 11.8 Å². The second-order valence-electron chi connectivity index (χ2n) is 11.8. The zero-order valence-corrected chi connectivity index (χ0v) is 23.3. The number of amides is 2. The molecule has 0 radical (unpaired) electrons. The number of hydrogen-bond acceptors (Lipinski definition) is 4. The molecular weight excluding hydrogens is 505 g/mol. The third kappa shape index (κ3) is 5.11. The average molecular weight is 544 g/mol. The summed E-state index contributed by atoms with van der Waals surface area (Å²) in [7, 11) is 1.81. The van der Waals surface area contributed by atoms with E-state index in [1.165, 1.54) is 31.7 Å². The summed E-state index contributed by atoms with van der Waals surface area (Å²) in [5.41, 5.74) is 3.28. The molecule has 4 unspecified atom stereocenters. The molecule has 6 rings (SSSR count). The number of benzene rings is 2. The Labute approximate surface area is 235 Å². The van der Waals surface area contributed by atoms with Crippen LogP contribution in [0.3, 0.4) is 0 Å². The Hall–Kier alpha value is -3.68. The van der Waals surface area contributed by atoms with E-state index in [-0.39, 0.29) is 29.3 Å². The summed E-state index contributed by atoms with van der Waals surface area (Å²) in [5, 5.41) is 10.9. The van der Waals surface area contributed by atoms with Crippen molar-refractivity contribution in [1.29, 1.82) is 0 Å². The van der Waals surface area contributed by atoms with Gasteiger partial charge in [-0.25, -0.2) is 4.39 Å². The topological polar surface area (TPSA) is 79.3 Å². The second-order valence-corrected chi connectivity index (χ2v) is 11.8. The predicted molar refractivity (Wildman–Crippen MR) is 153 cm³/mol. The van der Waals surface area contributed by atoms with Crippen molar-refractivity contribution in [2.45, 2.75) is 76.4 Å². The number of piperidine rings is 1. The summed E-state index contributed by atoms with van der Waals surface area (Å²) in [4.78, 5) is 30.1. The van der Waals surface area contributed by atoms with Gasteiger partial charge in [0.25, 0.3) is 5.91 Å². The maximum absolute atomic E-state index is 15.2. The predicted octanol–water partition coefficient (Wildman–Crippen LogP) is 6.23. The molecule has 3 aromatic rings. The molecule has 2 aliphatic carbocycles. The summed E-state index contributed by atoms with van der Waals surface area (Å²) in [6.07, 6.45) is 11.7. The molecule has 3 fully saturated rings. The van der Waals surface area contributed by atoms with Crippen LogP contribution < -0.4 is 10.6 Å². The van der Waals surface area contributed by atoms with Crippen molar-refractivity contribution in [2.24, 2.45) is 18.9 Å². The molecule has 4 atom stereocenters. The van der Waals surface area contributed by atoms with E-state index in [0.29, 0.717) is 23.7 Å². The van der Waals surface area contributed by atoms with Crippen LogP contribution in [0.4, 0.5) is 15.8 Å². The lowest BCUT2D eigenvalue weighted by atomic mass is 9.76. The van der Waals surface area contributed by atoms with Gasteiger partial charge in [0.15, 0.2) is 0 Å². The van der Waals surface area contributed by atoms with Crippen molar-refractivity contribution >= 4 is 23.2 Å². The van der Waals surface area contributed by atoms with E-state index in [9.17, 15) is 9.59 Å². The number of rotatable bonds is 6. The molecule has 1 aliphatic heterocycles. The fraction of sp³-hybridized carbons (Fsp3) is 0.469. The molecule has 0 spiro atoms. The lowest BCUT2D eigenvalue weighted by Gasteiger charge is -2.48. The van der Waals surface area contributed by atoms with E-state index in [2.05, 4.69) is 27.9 Å². The lowest BCUT2D eigenvalue weighted by molar-refractivity contribution is -0.125. The number of aryl methyl sites for hydroxylation is 2. The summed E-state index contributed by atoms with van der Waals surface area (Å²) < 4.78 is 16.8. The van der Waals surface area contributed by atoms with Gasteiger partial charge < -0.3 is 15.5 Å². The van der Waals surface area contributed by atoms with E-state index < -0.39 is 17.8 Å². The highest BCUT2D eigenvalue weighted by molar-refractivity contribution is 5.98. The van der Waals surface area contributed by atoms with Gasteiger partial charge in [-0.05, 0) is 74.3 Å². The van der Waals surface area contributed by atoms with Crippen LogP contribution in [0.5, 0.6) is 0 Å². The minimum atomic E-state index is -0.517. The van der Waals surface area contributed by atoms with Gasteiger partial charge in [-0.2, -0.15) is 5.10 Å². The zero-order valence-electron chi connectivity index (χ0n) is 23.3. The molecule has 0 bridgehead atoms. The van der Waals surface area contributed by atoms with Crippen molar-refractivity contribution in [1.82, 2.24) is 14.7 Å². The number of fused-ring (bicyclic) bond motifs is 1. The number of anilines is 2. The third-order valence-electron chi connectivity index (χ3n) is 9.17. The molecule has 2 saturated carbocycles. The summed E-state index contributed by atoms with van der Waals surface area (Å²) in [6.45, 7) is 1.78. The second kappa shape index (κ2) is 11.1. The Kier molecular flexibility index (Phi) is 7.34. The maximum Gasteiger partial charge on any atom is 0.257 e. The van der Waals surface area contributed by atoms with Gasteiger partial charge in [-0.1, -0.05) is 43.5 Å². The molecule has 3 aliphatic rings. The first-order valence-electron chi connectivity index (χ1n) is 14.6. The molecule has 2 aromatic carbocycles. The minimum Gasteiger partial charge on any atom is -0.382 e. The molecule has 210 valence electrons. The maximum atomic E-state index is 15.2. The molecule has 1 aromatic heterocycles. The monoisotopic (exact) mass is 543 g/mol. The standard InChI is InChI=1S/C32H38FN5O2/c1-20-7-5-11-27(33)29(20)32(40)38-28-12-6-8-22(28)17-26(31(39)36-25-18-34-37(2)19-25)30(38)21-13-15-24(16-14-21)35-23-9-3-4-10-23/h5,7,11,13-16,18-19,22-23,26,28,30,35H,3-4,6,8-10,12,17H2,1-2H3,(H,36,39). The Morgan fingerprint density at radius 2 is 1.75 bits per heavy atom. The van der Waals surface area contributed by atoms with Gasteiger partial charge in [-0.3, -0.25) is 14.3 Å². The number of nitrogens with zero attached hydrogens (tertiary/aromatic N) is 3. The van der Waals surface area contributed by atoms with Crippen LogP contribution in [0, 0.1) is 24.6 Å². The van der Waals surface area contributed by atoms with Crippen molar-refractivity contribution < 1.29 is 14.0 Å². The van der Waals surface area contributed by atoms with Crippen LogP contribution in [0.25, 0.3) is 0 Å². The molecule has 1 saturated heterocycles. The molecule has 2 heterocycles. The molecule has 2 N–H and O–H groups in total. The Morgan fingerprint density at radius 1 is 0.975 bits per heavy atom. The van der Waals surface area contributed by atoms with Crippen molar-refractivity contribution in [3.05, 3.63) is 77.4 Å². The van der Waals surface area contributed by atoms with Crippen LogP contribution in [-0.4, -0.2) is 38.6 Å². The largest absolute Gasteiger partial charge is 0.382 e. The van der Waals surface area contributed by atoms with E-state index >= 15 is 4.39 Å². The van der Waals surface area contributed by atoms with Crippen molar-refractivity contribution in [3.63, 3.8) is 0 Å². The molecule has 7 nitrogen and oxygen atoms in total. The zero-order chi connectivity index (χ0) is 27.8. The summed E-state index contributed by atoms with van der Waals surface area (Å²) >= 11 is 0. The number of aromatic nitrogens is 2. The highest BCUT2D eigenvalue weighted by atomic mass is 19.1. The normalized spacial score (nSPS) is 24.6. The van der Waals surface area contributed by atoms with Crippen LogP contribution in [0.15, 0.2) is 54.9 Å². The summed E-state index contributed by atoms with van der Waals surface area (Å²) in [6, 6.07) is 12.9. The SMILES string of the molecule is Cc1cccc(F)c1C(=O)N1C2CCCC2CC(C(=O)Nc2cnn(C)c2)C1c1ccc(NC2CCCC2)cc1. The fourth-order valence-electron chi connectivity index (χ4n) is 7.27. The number of nitrogens with one attached hydrogen (secondary N) is 2. The smallest absolute Gasteiger partial charge is 0.257 e. The van der Waals surface area contributed by atoms with Gasteiger partial charge in [0.05, 0.1) is 29.4 Å². The Bertz CT molecular complexity index is 1360. The van der Waals surface area contributed by atoms with E-state index in [1.807, 2.05) is 17.0 Å². The van der Waals surface area contributed by atoms with E-state index in [1.54, 1.807) is 43.2 Å². The van der Waals surface area contributed by atoms with Crippen molar-refractivity contribution in [3.8, 4) is 0 Å². The van der Waals surface area contributed by atoms with Crippen LogP contribution in [0.1, 0.15) is 78.9 Å². The molecule has 8 heteroatoms. The van der Waals surface area contributed by atoms with Gasteiger partial charge in [0, 0.05) is 31.0 Å². The first kappa shape index (κ1) is 26.5. The van der Waals surface area contributed by atoms with Gasteiger partial charge in [0.1, 0.15) is 5.82 Å². The van der Waals surface area contributed by atoms with Gasteiger partial charge in [0.2, 0.25) is 5.91 Å². The highest BCUT2D eigenvalue weighted by Gasteiger charge is 2.50. The summed E-state index contributed by atoms with van der Waals surface area (Å²) in [5.74, 6) is -1.27. The molecule has 2 amide bonds. The number of carbonyl (C=O) groups is 2. The lowest BCUT2D eigenvalue weighted by Crippen LogP contribution is -2.54. The van der Waals surface area contributed by atoms with Crippen LogP contribution >= 0.6 is 0 Å². The number of halogens is 1. The average Bonchev–Trinajstić information content (AvgIpc) is 3.71. The number of carbonyl (C=O) groups excluding carboxylic acids is 2. The van der Waals surface area contributed by atoms with E-state index in [4.69, 9.17) is 0 Å². The Morgan fingerprint density at radius 3 is 2.45 bits per heavy atom. The number of likely N-dealkylation sites (tertiary alicyclic amines) is 1. The molecule has 40 heavy (non-hydrogen) atoms. The van der Waals surface area contributed by atoms with Gasteiger partial charge >= 0.3 is 0 Å². The third-order valence-corrected chi connectivity index (χ3v) is 9.17. The molecular formula is C32H38FN5O2. The minimum absolute atomic E-state index is 0.0322. The quantitative estimate of drug-likeness (QED) is 0.386. The highest BCUT2D eigenvalue weighted by Crippen LogP contribution is 2.49. The first-order valence-corrected chi connectivity index (χ1v) is 14.6. The van der Waals surface area contributed by atoms with Crippen LogP contribution in [0.2, 0.25) is 0 Å².